The van der Waals surface area contributed by atoms with E-state index in [2.05, 4.69) is 20.5 Å². The SMILES string of the molecule is CC.Cn1nnc2c(CN=O)ncn2c1=O. The van der Waals surface area contributed by atoms with Crippen molar-refractivity contribution in [2.24, 2.45) is 12.2 Å². The molecule has 0 saturated heterocycles. The molecule has 0 N–H and O–H groups in total. The van der Waals surface area contributed by atoms with Gasteiger partial charge in [0.1, 0.15) is 18.6 Å². The number of aromatic nitrogens is 5. The van der Waals surface area contributed by atoms with E-state index in [4.69, 9.17) is 0 Å². The molecule has 0 spiro atoms. The van der Waals surface area contributed by atoms with Gasteiger partial charge in [-0.1, -0.05) is 24.2 Å². The zero-order chi connectivity index (χ0) is 12.1. The van der Waals surface area contributed by atoms with E-state index in [1.807, 2.05) is 13.8 Å². The highest BCUT2D eigenvalue weighted by Crippen LogP contribution is 2.03. The molecule has 0 radical (unpaired) electrons. The average Bonchev–Trinajstić information content (AvgIpc) is 2.71. The maximum atomic E-state index is 11.4. The van der Waals surface area contributed by atoms with Crippen LogP contribution < -0.4 is 5.69 Å². The molecular formula is C8H12N6O2. The van der Waals surface area contributed by atoms with E-state index in [1.54, 1.807) is 0 Å². The third-order valence-corrected chi connectivity index (χ3v) is 1.79. The number of aryl methyl sites for hydroxylation is 1. The number of hydrogen-bond donors (Lipinski definition) is 0. The molecule has 0 bridgehead atoms. The topological polar surface area (TPSA) is 94.5 Å². The summed E-state index contributed by atoms with van der Waals surface area (Å²) in [5.41, 5.74) is 0.262. The fraction of sp³-hybridized carbons (Fsp3) is 0.500. The number of imidazole rings is 1. The minimum absolute atomic E-state index is 0.113. The van der Waals surface area contributed by atoms with Crippen LogP contribution in [0, 0.1) is 4.91 Å². The largest absolute Gasteiger partial charge is 0.352 e. The minimum Gasteiger partial charge on any atom is -0.245 e. The van der Waals surface area contributed by atoms with Gasteiger partial charge >= 0.3 is 5.69 Å². The highest BCUT2D eigenvalue weighted by molar-refractivity contribution is 5.41. The van der Waals surface area contributed by atoms with Crippen molar-refractivity contribution < 1.29 is 0 Å². The van der Waals surface area contributed by atoms with Crippen LogP contribution in [-0.4, -0.2) is 24.4 Å². The molecule has 0 aliphatic carbocycles. The Labute approximate surface area is 90.9 Å². The molecule has 0 unspecified atom stereocenters. The highest BCUT2D eigenvalue weighted by Gasteiger charge is 2.09. The third-order valence-electron chi connectivity index (χ3n) is 1.79. The summed E-state index contributed by atoms with van der Waals surface area (Å²) >= 11 is 0. The summed E-state index contributed by atoms with van der Waals surface area (Å²) < 4.78 is 2.29. The first-order valence-corrected chi connectivity index (χ1v) is 4.79. The first-order valence-electron chi connectivity index (χ1n) is 4.79. The van der Waals surface area contributed by atoms with Crippen molar-refractivity contribution in [3.05, 3.63) is 27.4 Å². The standard InChI is InChI=1S/C6H6N6O2.C2H6/c1-11-6(13)12-3-7-4(2-8-14)5(12)9-10-11;1-2/h3H,2H2,1H3;1-2H3. The summed E-state index contributed by atoms with van der Waals surface area (Å²) in [7, 11) is 1.48. The van der Waals surface area contributed by atoms with Crippen LogP contribution in [0.15, 0.2) is 16.3 Å². The van der Waals surface area contributed by atoms with E-state index in [-0.39, 0.29) is 17.9 Å². The van der Waals surface area contributed by atoms with Gasteiger partial charge in [0.05, 0.1) is 0 Å². The second kappa shape index (κ2) is 5.10. The fourth-order valence-electron chi connectivity index (χ4n) is 1.10. The summed E-state index contributed by atoms with van der Waals surface area (Å²) in [4.78, 5) is 25.3. The minimum atomic E-state index is -0.361. The Balaban J connectivity index is 0.000000606. The van der Waals surface area contributed by atoms with Crippen molar-refractivity contribution in [1.29, 1.82) is 0 Å². The molecule has 0 fully saturated rings. The smallest absolute Gasteiger partial charge is 0.245 e. The van der Waals surface area contributed by atoms with Crippen LogP contribution in [0.5, 0.6) is 0 Å². The Morgan fingerprint density at radius 3 is 2.75 bits per heavy atom. The summed E-state index contributed by atoms with van der Waals surface area (Å²) in [6.07, 6.45) is 1.30. The zero-order valence-corrected chi connectivity index (χ0v) is 9.28. The molecule has 8 heteroatoms. The third kappa shape index (κ3) is 1.95. The Morgan fingerprint density at radius 2 is 2.12 bits per heavy atom. The number of nitroso groups, excluding NO2 is 1. The lowest BCUT2D eigenvalue weighted by Gasteiger charge is -1.95. The zero-order valence-electron chi connectivity index (χ0n) is 9.28. The lowest BCUT2D eigenvalue weighted by Crippen LogP contribution is -2.27. The van der Waals surface area contributed by atoms with Crippen LogP contribution in [0.4, 0.5) is 0 Å². The maximum Gasteiger partial charge on any atom is 0.352 e. The Bertz CT molecular complexity index is 543. The van der Waals surface area contributed by atoms with Crippen LogP contribution in [0.1, 0.15) is 19.5 Å². The van der Waals surface area contributed by atoms with Crippen molar-refractivity contribution in [3.63, 3.8) is 0 Å². The second-order valence-corrected chi connectivity index (χ2v) is 2.67. The second-order valence-electron chi connectivity index (χ2n) is 2.67. The van der Waals surface area contributed by atoms with Crippen molar-refractivity contribution in [2.45, 2.75) is 20.4 Å². The molecule has 0 aliphatic heterocycles. The molecular weight excluding hydrogens is 212 g/mol. The predicted molar refractivity (Wildman–Crippen MR) is 56.9 cm³/mol. The van der Waals surface area contributed by atoms with Crippen LogP contribution in [0.3, 0.4) is 0 Å². The van der Waals surface area contributed by atoms with Crippen LogP contribution in [-0.2, 0) is 13.6 Å². The molecule has 0 aliphatic rings. The monoisotopic (exact) mass is 224 g/mol. The predicted octanol–water partition coefficient (Wildman–Crippen LogP) is 0.116. The van der Waals surface area contributed by atoms with Gasteiger partial charge in [-0.15, -0.1) is 5.10 Å². The molecule has 0 saturated carbocycles. The van der Waals surface area contributed by atoms with E-state index in [0.717, 1.165) is 4.68 Å². The molecule has 2 rings (SSSR count). The van der Waals surface area contributed by atoms with Gasteiger partial charge in [-0.3, -0.25) is 0 Å². The number of rotatable bonds is 2. The van der Waals surface area contributed by atoms with E-state index < -0.39 is 0 Å². The number of fused-ring (bicyclic) bond motifs is 1. The fourth-order valence-corrected chi connectivity index (χ4v) is 1.10. The highest BCUT2D eigenvalue weighted by atomic mass is 16.3. The first kappa shape index (κ1) is 12.0. The van der Waals surface area contributed by atoms with E-state index in [9.17, 15) is 9.70 Å². The van der Waals surface area contributed by atoms with Crippen molar-refractivity contribution in [2.75, 3.05) is 0 Å². The van der Waals surface area contributed by atoms with E-state index in [1.165, 1.54) is 17.8 Å². The summed E-state index contributed by atoms with van der Waals surface area (Å²) in [5, 5.41) is 9.98. The number of hydrogen-bond acceptors (Lipinski definition) is 6. The molecule has 8 nitrogen and oxygen atoms in total. The van der Waals surface area contributed by atoms with Crippen molar-refractivity contribution in [3.8, 4) is 0 Å². The number of nitrogens with zero attached hydrogens (tertiary/aromatic N) is 6. The quantitative estimate of drug-likeness (QED) is 0.675. The molecule has 16 heavy (non-hydrogen) atoms. The molecule has 0 amide bonds. The molecule has 86 valence electrons. The molecule has 2 heterocycles. The van der Waals surface area contributed by atoms with E-state index in [0.29, 0.717) is 5.69 Å². The van der Waals surface area contributed by atoms with Crippen molar-refractivity contribution >= 4 is 5.65 Å². The van der Waals surface area contributed by atoms with Gasteiger partial charge in [0, 0.05) is 7.05 Å². The lowest BCUT2D eigenvalue weighted by atomic mass is 10.5. The summed E-state index contributed by atoms with van der Waals surface area (Å²) in [6.45, 7) is 3.89. The van der Waals surface area contributed by atoms with Gasteiger partial charge in [-0.2, -0.15) is 9.59 Å². The van der Waals surface area contributed by atoms with Gasteiger partial charge in [-0.05, 0) is 0 Å². The Hall–Kier alpha value is -2.12. The molecule has 2 aromatic rings. The lowest BCUT2D eigenvalue weighted by molar-refractivity contribution is 0.606. The van der Waals surface area contributed by atoms with Gasteiger partial charge in [-0.25, -0.2) is 14.2 Å². The van der Waals surface area contributed by atoms with Gasteiger partial charge < -0.3 is 0 Å². The summed E-state index contributed by atoms with van der Waals surface area (Å²) in [5.74, 6) is 0. The first-order chi connectivity index (χ1) is 7.74. The molecule has 2 aromatic heterocycles. The maximum absolute atomic E-state index is 11.4. The van der Waals surface area contributed by atoms with Gasteiger partial charge in [0.25, 0.3) is 0 Å². The van der Waals surface area contributed by atoms with Gasteiger partial charge in [0.15, 0.2) is 5.65 Å². The summed E-state index contributed by atoms with van der Waals surface area (Å²) in [6, 6.07) is 0. The van der Waals surface area contributed by atoms with Crippen LogP contribution in [0.25, 0.3) is 5.65 Å². The van der Waals surface area contributed by atoms with Crippen molar-refractivity contribution in [1.82, 2.24) is 24.4 Å². The van der Waals surface area contributed by atoms with Crippen LogP contribution in [0.2, 0.25) is 0 Å². The average molecular weight is 224 g/mol. The Morgan fingerprint density at radius 1 is 1.44 bits per heavy atom. The normalized spacial score (nSPS) is 9.69. The van der Waals surface area contributed by atoms with Gasteiger partial charge in [0.2, 0.25) is 0 Å². The van der Waals surface area contributed by atoms with Crippen LogP contribution >= 0.6 is 0 Å². The van der Waals surface area contributed by atoms with E-state index >= 15 is 0 Å². The molecule has 0 atom stereocenters. The Kier molecular flexibility index (Phi) is 3.81. The molecule has 0 aromatic carbocycles.